The molecule has 0 amide bonds. The Labute approximate surface area is 138 Å². The van der Waals surface area contributed by atoms with Crippen molar-refractivity contribution in [3.63, 3.8) is 0 Å². The predicted octanol–water partition coefficient (Wildman–Crippen LogP) is 4.31. The van der Waals surface area contributed by atoms with Gasteiger partial charge in [0.05, 0.1) is 6.42 Å². The average molecular weight is 364 g/mol. The number of halogens is 6. The molecule has 1 fully saturated rings. The quantitative estimate of drug-likeness (QED) is 0.860. The first-order chi connectivity index (χ1) is 9.37. The van der Waals surface area contributed by atoms with Gasteiger partial charge >= 0.3 is 6.18 Å². The molecule has 120 valence electrons. The normalized spacial score (nSPS) is 18.1. The molecule has 1 aromatic rings. The SMILES string of the molecule is Cl.FC(F)(F)C[C@H](c1cc(Cl)ccc1Cl)N1CCNCC1. The van der Waals surface area contributed by atoms with Crippen molar-refractivity contribution in [2.75, 3.05) is 26.2 Å². The molecule has 1 N–H and O–H groups in total. The fraction of sp³-hybridized carbons (Fsp3) is 0.538. The summed E-state index contributed by atoms with van der Waals surface area (Å²) >= 11 is 12.0. The number of hydrogen-bond donors (Lipinski definition) is 1. The molecular weight excluding hydrogens is 348 g/mol. The van der Waals surface area contributed by atoms with E-state index in [0.717, 1.165) is 0 Å². The molecule has 0 bridgehead atoms. The van der Waals surface area contributed by atoms with Gasteiger partial charge in [-0.2, -0.15) is 13.2 Å². The third kappa shape index (κ3) is 5.49. The van der Waals surface area contributed by atoms with Crippen molar-refractivity contribution >= 4 is 35.6 Å². The first-order valence-corrected chi connectivity index (χ1v) is 7.09. The van der Waals surface area contributed by atoms with Gasteiger partial charge in [-0.05, 0) is 23.8 Å². The summed E-state index contributed by atoms with van der Waals surface area (Å²) in [7, 11) is 0. The highest BCUT2D eigenvalue weighted by molar-refractivity contribution is 6.33. The maximum Gasteiger partial charge on any atom is 0.390 e. The molecule has 1 atom stereocenters. The first-order valence-electron chi connectivity index (χ1n) is 6.33. The number of alkyl halides is 3. The fourth-order valence-electron chi connectivity index (χ4n) is 2.42. The molecule has 0 radical (unpaired) electrons. The van der Waals surface area contributed by atoms with E-state index in [1.165, 1.54) is 6.07 Å². The molecule has 1 aromatic carbocycles. The first kappa shape index (κ1) is 18.8. The van der Waals surface area contributed by atoms with Crippen LogP contribution in [0.2, 0.25) is 10.0 Å². The number of nitrogens with one attached hydrogen (secondary N) is 1. The highest BCUT2D eigenvalue weighted by Gasteiger charge is 2.36. The van der Waals surface area contributed by atoms with E-state index in [4.69, 9.17) is 23.2 Å². The van der Waals surface area contributed by atoms with E-state index in [-0.39, 0.29) is 12.4 Å². The van der Waals surface area contributed by atoms with Gasteiger partial charge in [0.25, 0.3) is 0 Å². The lowest BCUT2D eigenvalue weighted by Gasteiger charge is -2.36. The number of piperazine rings is 1. The van der Waals surface area contributed by atoms with Crippen LogP contribution >= 0.6 is 35.6 Å². The third-order valence-electron chi connectivity index (χ3n) is 3.33. The van der Waals surface area contributed by atoms with Crippen LogP contribution in [0, 0.1) is 0 Å². The van der Waals surface area contributed by atoms with Crippen molar-refractivity contribution < 1.29 is 13.2 Å². The zero-order chi connectivity index (χ0) is 14.8. The van der Waals surface area contributed by atoms with E-state index >= 15 is 0 Å². The van der Waals surface area contributed by atoms with Crippen molar-refractivity contribution in [3.8, 4) is 0 Å². The second-order valence-corrected chi connectivity index (χ2v) is 5.63. The Balaban J connectivity index is 0.00000220. The largest absolute Gasteiger partial charge is 0.390 e. The predicted molar refractivity (Wildman–Crippen MR) is 81.6 cm³/mol. The molecular formula is C13H16Cl3F3N2. The second-order valence-electron chi connectivity index (χ2n) is 4.79. The highest BCUT2D eigenvalue weighted by atomic mass is 35.5. The molecule has 0 saturated carbocycles. The van der Waals surface area contributed by atoms with E-state index in [0.29, 0.717) is 41.8 Å². The maximum atomic E-state index is 12.9. The Hall–Kier alpha value is -0.200. The van der Waals surface area contributed by atoms with E-state index in [1.807, 2.05) is 4.90 Å². The van der Waals surface area contributed by atoms with Crippen molar-refractivity contribution in [1.82, 2.24) is 10.2 Å². The molecule has 1 aliphatic heterocycles. The van der Waals surface area contributed by atoms with Gasteiger partial charge in [-0.1, -0.05) is 23.2 Å². The zero-order valence-electron chi connectivity index (χ0n) is 11.1. The van der Waals surface area contributed by atoms with Gasteiger partial charge in [-0.3, -0.25) is 4.90 Å². The molecule has 2 rings (SSSR count). The Morgan fingerprint density at radius 1 is 1.19 bits per heavy atom. The molecule has 0 aliphatic carbocycles. The Kier molecular flexibility index (Phi) is 7.07. The van der Waals surface area contributed by atoms with Crippen LogP contribution < -0.4 is 5.32 Å². The van der Waals surface area contributed by atoms with Crippen molar-refractivity contribution in [2.45, 2.75) is 18.6 Å². The maximum absolute atomic E-state index is 12.9. The van der Waals surface area contributed by atoms with Gasteiger partial charge in [0.1, 0.15) is 0 Å². The number of hydrogen-bond acceptors (Lipinski definition) is 2. The Bertz CT molecular complexity index is 462. The van der Waals surface area contributed by atoms with Crippen LogP contribution in [0.1, 0.15) is 18.0 Å². The van der Waals surface area contributed by atoms with Gasteiger partial charge in [0, 0.05) is 42.3 Å². The molecule has 1 saturated heterocycles. The van der Waals surface area contributed by atoms with E-state index in [9.17, 15) is 13.2 Å². The molecule has 0 unspecified atom stereocenters. The number of nitrogens with zero attached hydrogens (tertiary/aromatic N) is 1. The summed E-state index contributed by atoms with van der Waals surface area (Å²) in [5.74, 6) is 0. The molecule has 8 heteroatoms. The third-order valence-corrected chi connectivity index (χ3v) is 3.91. The van der Waals surface area contributed by atoms with Gasteiger partial charge in [-0.25, -0.2) is 0 Å². The second kappa shape index (κ2) is 7.88. The van der Waals surface area contributed by atoms with Crippen LogP contribution in [0.5, 0.6) is 0 Å². The van der Waals surface area contributed by atoms with Crippen LogP contribution in [0.3, 0.4) is 0 Å². The summed E-state index contributed by atoms with van der Waals surface area (Å²) in [4.78, 5) is 1.81. The van der Waals surface area contributed by atoms with Crippen LogP contribution in [0.25, 0.3) is 0 Å². The van der Waals surface area contributed by atoms with Crippen molar-refractivity contribution in [1.29, 1.82) is 0 Å². The highest BCUT2D eigenvalue weighted by Crippen LogP contribution is 2.38. The van der Waals surface area contributed by atoms with Crippen molar-refractivity contribution in [3.05, 3.63) is 33.8 Å². The summed E-state index contributed by atoms with van der Waals surface area (Å²) < 4.78 is 38.6. The number of benzene rings is 1. The van der Waals surface area contributed by atoms with Crippen LogP contribution in [-0.4, -0.2) is 37.3 Å². The summed E-state index contributed by atoms with van der Waals surface area (Å²) in [5.41, 5.74) is 0.443. The summed E-state index contributed by atoms with van der Waals surface area (Å²) in [5, 5.41) is 3.84. The summed E-state index contributed by atoms with van der Waals surface area (Å²) in [6.45, 7) is 2.46. The van der Waals surface area contributed by atoms with Gasteiger partial charge in [0.15, 0.2) is 0 Å². The van der Waals surface area contributed by atoms with Gasteiger partial charge < -0.3 is 5.32 Å². The molecule has 0 aromatic heterocycles. The fourth-order valence-corrected chi connectivity index (χ4v) is 2.84. The molecule has 1 aliphatic rings. The van der Waals surface area contributed by atoms with Crippen LogP contribution in [0.4, 0.5) is 13.2 Å². The van der Waals surface area contributed by atoms with Crippen LogP contribution in [0.15, 0.2) is 18.2 Å². The van der Waals surface area contributed by atoms with Gasteiger partial charge in [-0.15, -0.1) is 12.4 Å². The standard InChI is InChI=1S/C13H15Cl2F3N2.ClH/c14-9-1-2-11(15)10(7-9)12(8-13(16,17)18)20-5-3-19-4-6-20;/h1-2,7,12,19H,3-6,8H2;1H/t12-;/m1./s1. The summed E-state index contributed by atoms with van der Waals surface area (Å²) in [6, 6.07) is 3.87. The zero-order valence-corrected chi connectivity index (χ0v) is 13.4. The molecule has 21 heavy (non-hydrogen) atoms. The lowest BCUT2D eigenvalue weighted by Crippen LogP contribution is -2.46. The smallest absolute Gasteiger partial charge is 0.314 e. The molecule has 0 spiro atoms. The summed E-state index contributed by atoms with van der Waals surface area (Å²) in [6.07, 6.45) is -5.17. The molecule has 1 heterocycles. The lowest BCUT2D eigenvalue weighted by atomic mass is 10.0. The van der Waals surface area contributed by atoms with Gasteiger partial charge in [0.2, 0.25) is 0 Å². The number of rotatable bonds is 3. The average Bonchev–Trinajstić information content (AvgIpc) is 2.39. The van der Waals surface area contributed by atoms with Crippen LogP contribution in [-0.2, 0) is 0 Å². The van der Waals surface area contributed by atoms with E-state index < -0.39 is 18.6 Å². The molecule has 2 nitrogen and oxygen atoms in total. The van der Waals surface area contributed by atoms with Crippen molar-refractivity contribution in [2.24, 2.45) is 0 Å². The minimum atomic E-state index is -4.25. The Morgan fingerprint density at radius 3 is 2.38 bits per heavy atom. The topological polar surface area (TPSA) is 15.3 Å². The van der Waals surface area contributed by atoms with E-state index in [2.05, 4.69) is 5.32 Å². The van der Waals surface area contributed by atoms with E-state index in [1.54, 1.807) is 12.1 Å². The monoisotopic (exact) mass is 362 g/mol. The lowest BCUT2D eigenvalue weighted by molar-refractivity contribution is -0.148. The Morgan fingerprint density at radius 2 is 1.81 bits per heavy atom. The minimum Gasteiger partial charge on any atom is -0.314 e. The minimum absolute atomic E-state index is 0.